The molecule has 24 heavy (non-hydrogen) atoms. The molecule has 0 spiro atoms. The van der Waals surface area contributed by atoms with Crippen LogP contribution in [0.1, 0.15) is 35.3 Å². The van der Waals surface area contributed by atoms with Gasteiger partial charge in [0.25, 0.3) is 5.91 Å². The first-order chi connectivity index (χ1) is 11.5. The second kappa shape index (κ2) is 6.56. The first-order valence-corrected chi connectivity index (χ1v) is 8.34. The standard InChI is InChI=1S/C16H16FN3O3S/c1-9(2)15-19-13(8-24-15)14(21)18-12-7-10(3-4-11(12)17)20-5-6-23-16(20)22/h3-4,7-9H,5-6H2,1-2H3,(H,18,21). The van der Waals surface area contributed by atoms with E-state index in [2.05, 4.69) is 10.3 Å². The predicted molar refractivity (Wildman–Crippen MR) is 89.3 cm³/mol. The van der Waals surface area contributed by atoms with Gasteiger partial charge in [0.1, 0.15) is 18.1 Å². The summed E-state index contributed by atoms with van der Waals surface area (Å²) in [5.74, 6) is -0.852. The maximum Gasteiger partial charge on any atom is 0.414 e. The Kier molecular flexibility index (Phi) is 4.48. The van der Waals surface area contributed by atoms with Crippen LogP contribution in [0.2, 0.25) is 0 Å². The summed E-state index contributed by atoms with van der Waals surface area (Å²) in [5, 5.41) is 4.99. The topological polar surface area (TPSA) is 71.5 Å². The Balaban J connectivity index is 1.80. The van der Waals surface area contributed by atoms with E-state index in [4.69, 9.17) is 4.74 Å². The van der Waals surface area contributed by atoms with E-state index < -0.39 is 17.8 Å². The molecule has 0 aliphatic carbocycles. The number of carbonyl (C=O) groups excluding carboxylic acids is 2. The average Bonchev–Trinajstić information content (AvgIpc) is 3.18. The van der Waals surface area contributed by atoms with Crippen LogP contribution < -0.4 is 10.2 Å². The van der Waals surface area contributed by atoms with Crippen molar-refractivity contribution in [2.45, 2.75) is 19.8 Å². The van der Waals surface area contributed by atoms with Crippen LogP contribution in [0.5, 0.6) is 0 Å². The fourth-order valence-electron chi connectivity index (χ4n) is 2.25. The number of aromatic nitrogens is 1. The molecule has 1 aromatic heterocycles. The fourth-order valence-corrected chi connectivity index (χ4v) is 3.06. The average molecular weight is 349 g/mol. The maximum atomic E-state index is 14.0. The lowest BCUT2D eigenvalue weighted by atomic mass is 10.2. The second-order valence-electron chi connectivity index (χ2n) is 5.61. The van der Waals surface area contributed by atoms with E-state index in [-0.39, 0.29) is 23.9 Å². The first-order valence-electron chi connectivity index (χ1n) is 7.46. The molecule has 1 saturated heterocycles. The number of ether oxygens (including phenoxy) is 1. The molecule has 0 bridgehead atoms. The van der Waals surface area contributed by atoms with Crippen LogP contribution in [0, 0.1) is 5.82 Å². The molecular weight excluding hydrogens is 333 g/mol. The van der Waals surface area contributed by atoms with E-state index in [0.29, 0.717) is 12.2 Å². The zero-order chi connectivity index (χ0) is 17.3. The molecule has 0 unspecified atom stereocenters. The van der Waals surface area contributed by atoms with Gasteiger partial charge in [-0.05, 0) is 18.2 Å². The highest BCUT2D eigenvalue weighted by atomic mass is 32.1. The van der Waals surface area contributed by atoms with E-state index in [0.717, 1.165) is 5.01 Å². The maximum absolute atomic E-state index is 14.0. The zero-order valence-corrected chi connectivity index (χ0v) is 14.0. The van der Waals surface area contributed by atoms with Crippen molar-refractivity contribution in [3.05, 3.63) is 40.1 Å². The van der Waals surface area contributed by atoms with Crippen LogP contribution in [0.3, 0.4) is 0 Å². The Morgan fingerprint density at radius 1 is 1.46 bits per heavy atom. The van der Waals surface area contributed by atoms with Gasteiger partial charge in [-0.3, -0.25) is 9.69 Å². The predicted octanol–water partition coefficient (Wildman–Crippen LogP) is 3.61. The Hall–Kier alpha value is -2.48. The zero-order valence-electron chi connectivity index (χ0n) is 13.2. The number of thiazole rings is 1. The Bertz CT molecular complexity index is 791. The van der Waals surface area contributed by atoms with Crippen molar-refractivity contribution < 1.29 is 18.7 Å². The molecule has 3 rings (SSSR count). The van der Waals surface area contributed by atoms with Crippen molar-refractivity contribution in [1.82, 2.24) is 4.98 Å². The minimum atomic E-state index is -0.584. The highest BCUT2D eigenvalue weighted by Gasteiger charge is 2.24. The van der Waals surface area contributed by atoms with Gasteiger partial charge < -0.3 is 10.1 Å². The normalized spacial score (nSPS) is 14.2. The fraction of sp³-hybridized carbons (Fsp3) is 0.312. The van der Waals surface area contributed by atoms with Crippen molar-refractivity contribution in [2.75, 3.05) is 23.4 Å². The first kappa shape index (κ1) is 16.4. The van der Waals surface area contributed by atoms with Crippen LogP contribution in [-0.2, 0) is 4.74 Å². The van der Waals surface area contributed by atoms with Gasteiger partial charge in [0, 0.05) is 17.0 Å². The Labute approximate surface area is 142 Å². The SMILES string of the molecule is CC(C)c1nc(C(=O)Nc2cc(N3CCOC3=O)ccc2F)cs1. The van der Waals surface area contributed by atoms with Crippen molar-refractivity contribution in [3.8, 4) is 0 Å². The third kappa shape index (κ3) is 3.23. The summed E-state index contributed by atoms with van der Waals surface area (Å²) in [6, 6.07) is 4.09. The molecule has 2 aromatic rings. The summed E-state index contributed by atoms with van der Waals surface area (Å²) in [6.45, 7) is 4.65. The molecule has 8 heteroatoms. The number of benzene rings is 1. The summed E-state index contributed by atoms with van der Waals surface area (Å²) in [7, 11) is 0. The number of hydrogen-bond donors (Lipinski definition) is 1. The van der Waals surface area contributed by atoms with E-state index in [1.165, 1.54) is 34.4 Å². The Morgan fingerprint density at radius 2 is 2.25 bits per heavy atom. The van der Waals surface area contributed by atoms with Gasteiger partial charge >= 0.3 is 6.09 Å². The van der Waals surface area contributed by atoms with Crippen molar-refractivity contribution >= 4 is 34.7 Å². The van der Waals surface area contributed by atoms with E-state index in [9.17, 15) is 14.0 Å². The minimum Gasteiger partial charge on any atom is -0.447 e. The highest BCUT2D eigenvalue weighted by molar-refractivity contribution is 7.09. The van der Waals surface area contributed by atoms with Crippen molar-refractivity contribution in [2.24, 2.45) is 0 Å². The summed E-state index contributed by atoms with van der Waals surface area (Å²) >= 11 is 1.39. The number of hydrogen-bond acceptors (Lipinski definition) is 5. The molecular formula is C16H16FN3O3S. The Morgan fingerprint density at radius 3 is 2.88 bits per heavy atom. The lowest BCUT2D eigenvalue weighted by Crippen LogP contribution is -2.23. The van der Waals surface area contributed by atoms with Crippen LogP contribution >= 0.6 is 11.3 Å². The van der Waals surface area contributed by atoms with Gasteiger partial charge in [-0.1, -0.05) is 13.8 Å². The van der Waals surface area contributed by atoms with Gasteiger partial charge in [-0.25, -0.2) is 14.2 Å². The number of amides is 2. The van der Waals surface area contributed by atoms with Gasteiger partial charge in [0.15, 0.2) is 0 Å². The summed E-state index contributed by atoms with van der Waals surface area (Å²) in [6.07, 6.45) is -0.486. The molecule has 2 heterocycles. The summed E-state index contributed by atoms with van der Waals surface area (Å²) in [5.41, 5.74) is 0.709. The molecule has 1 aromatic carbocycles. The van der Waals surface area contributed by atoms with E-state index in [1.807, 2.05) is 13.8 Å². The third-order valence-electron chi connectivity index (χ3n) is 3.52. The molecule has 1 fully saturated rings. The van der Waals surface area contributed by atoms with Crippen LogP contribution in [-0.4, -0.2) is 30.1 Å². The smallest absolute Gasteiger partial charge is 0.414 e. The molecule has 0 atom stereocenters. The van der Waals surface area contributed by atoms with Crippen LogP contribution in [0.4, 0.5) is 20.6 Å². The largest absolute Gasteiger partial charge is 0.447 e. The van der Waals surface area contributed by atoms with Gasteiger partial charge in [-0.15, -0.1) is 11.3 Å². The molecule has 0 radical (unpaired) electrons. The highest BCUT2D eigenvalue weighted by Crippen LogP contribution is 2.26. The van der Waals surface area contributed by atoms with Crippen LogP contribution in [0.15, 0.2) is 23.6 Å². The third-order valence-corrected chi connectivity index (χ3v) is 4.66. The molecule has 6 nitrogen and oxygen atoms in total. The number of rotatable bonds is 4. The van der Waals surface area contributed by atoms with E-state index >= 15 is 0 Å². The van der Waals surface area contributed by atoms with Gasteiger partial charge in [0.2, 0.25) is 0 Å². The number of nitrogens with zero attached hydrogens (tertiary/aromatic N) is 2. The number of carbonyl (C=O) groups is 2. The molecule has 1 aliphatic heterocycles. The second-order valence-corrected chi connectivity index (χ2v) is 6.50. The monoisotopic (exact) mass is 349 g/mol. The number of cyclic esters (lactones) is 1. The molecule has 1 aliphatic rings. The number of nitrogens with one attached hydrogen (secondary N) is 1. The molecule has 2 amide bonds. The number of halogens is 1. The molecule has 1 N–H and O–H groups in total. The quantitative estimate of drug-likeness (QED) is 0.915. The number of anilines is 2. The van der Waals surface area contributed by atoms with Gasteiger partial charge in [0.05, 0.1) is 17.2 Å². The van der Waals surface area contributed by atoms with Crippen molar-refractivity contribution in [1.29, 1.82) is 0 Å². The lowest BCUT2D eigenvalue weighted by Gasteiger charge is -2.14. The van der Waals surface area contributed by atoms with Crippen molar-refractivity contribution in [3.63, 3.8) is 0 Å². The molecule has 0 saturated carbocycles. The minimum absolute atomic E-state index is 0.00343. The molecule has 126 valence electrons. The summed E-state index contributed by atoms with van der Waals surface area (Å²) in [4.78, 5) is 29.5. The van der Waals surface area contributed by atoms with Gasteiger partial charge in [-0.2, -0.15) is 0 Å². The summed E-state index contributed by atoms with van der Waals surface area (Å²) < 4.78 is 18.9. The van der Waals surface area contributed by atoms with E-state index in [1.54, 1.807) is 5.38 Å². The lowest BCUT2D eigenvalue weighted by molar-refractivity contribution is 0.102. The van der Waals surface area contributed by atoms with Crippen LogP contribution in [0.25, 0.3) is 0 Å².